The van der Waals surface area contributed by atoms with Crippen molar-refractivity contribution in [1.29, 1.82) is 0 Å². The second-order valence-electron chi connectivity index (χ2n) is 6.96. The average Bonchev–Trinajstić information content (AvgIpc) is 3.11. The quantitative estimate of drug-likeness (QED) is 0.586. The van der Waals surface area contributed by atoms with Crippen molar-refractivity contribution in [3.8, 4) is 0 Å². The lowest BCUT2D eigenvalue weighted by atomic mass is 10.1. The maximum Gasteiger partial charge on any atom is 0.178 e. The van der Waals surface area contributed by atoms with Crippen LogP contribution in [-0.4, -0.2) is 58.3 Å². The van der Waals surface area contributed by atoms with Crippen molar-refractivity contribution in [1.82, 2.24) is 25.1 Å². The molecule has 2 N–H and O–H groups in total. The third-order valence-corrected chi connectivity index (χ3v) is 5.13. The molecule has 5 rings (SSSR count). The van der Waals surface area contributed by atoms with E-state index in [1.165, 1.54) is 5.39 Å². The molecule has 3 aromatic heterocycles. The molecule has 4 aromatic rings. The number of anilines is 3. The molecule has 0 atom stereocenters. The number of likely N-dealkylation sites (N-methyl/N-ethyl adjacent to an activating group) is 1. The number of hydrogen-bond donors (Lipinski definition) is 2. The second-order valence-corrected chi connectivity index (χ2v) is 6.96. The van der Waals surface area contributed by atoms with Gasteiger partial charge < -0.3 is 15.1 Å². The number of nitrogens with one attached hydrogen (secondary N) is 2. The highest BCUT2D eigenvalue weighted by atomic mass is 15.3. The molecule has 1 aliphatic rings. The summed E-state index contributed by atoms with van der Waals surface area (Å²) in [6.07, 6.45) is 3.67. The molecule has 0 amide bonds. The fraction of sp³-hybridized carbons (Fsp3) is 0.250. The normalized spacial score (nSPS) is 15.5. The van der Waals surface area contributed by atoms with Gasteiger partial charge in [-0.3, -0.25) is 10.1 Å². The van der Waals surface area contributed by atoms with E-state index in [0.717, 1.165) is 59.9 Å². The van der Waals surface area contributed by atoms with Gasteiger partial charge in [0.15, 0.2) is 5.82 Å². The third-order valence-electron chi connectivity index (χ3n) is 5.13. The molecule has 0 bridgehead atoms. The first kappa shape index (κ1) is 16.0. The lowest BCUT2D eigenvalue weighted by Crippen LogP contribution is -2.44. The van der Waals surface area contributed by atoms with Crippen molar-refractivity contribution in [2.24, 2.45) is 0 Å². The zero-order valence-electron chi connectivity index (χ0n) is 15.2. The third kappa shape index (κ3) is 2.96. The molecule has 0 saturated carbocycles. The molecule has 1 aromatic carbocycles. The van der Waals surface area contributed by atoms with E-state index in [1.807, 2.05) is 18.3 Å². The Balaban J connectivity index is 1.47. The zero-order valence-corrected chi connectivity index (χ0v) is 15.2. The Kier molecular flexibility index (Phi) is 3.86. The van der Waals surface area contributed by atoms with Crippen LogP contribution < -0.4 is 10.2 Å². The van der Waals surface area contributed by atoms with Gasteiger partial charge in [-0.05, 0) is 48.8 Å². The minimum atomic E-state index is 0.735. The molecule has 1 aliphatic heterocycles. The summed E-state index contributed by atoms with van der Waals surface area (Å²) < 4.78 is 0. The van der Waals surface area contributed by atoms with E-state index in [9.17, 15) is 0 Å². The van der Waals surface area contributed by atoms with Gasteiger partial charge in [0.25, 0.3) is 0 Å². The molecule has 7 heteroatoms. The number of rotatable bonds is 3. The lowest BCUT2D eigenvalue weighted by Gasteiger charge is -2.33. The number of aromatic nitrogens is 4. The van der Waals surface area contributed by atoms with Gasteiger partial charge >= 0.3 is 0 Å². The Morgan fingerprint density at radius 3 is 2.78 bits per heavy atom. The highest BCUT2D eigenvalue weighted by Crippen LogP contribution is 2.29. The van der Waals surface area contributed by atoms with Gasteiger partial charge in [0, 0.05) is 49.6 Å². The summed E-state index contributed by atoms with van der Waals surface area (Å²) in [7, 11) is 2.17. The monoisotopic (exact) mass is 359 g/mol. The van der Waals surface area contributed by atoms with Crippen LogP contribution in [0.2, 0.25) is 0 Å². The van der Waals surface area contributed by atoms with E-state index in [2.05, 4.69) is 66.6 Å². The first-order valence-electron chi connectivity index (χ1n) is 9.16. The zero-order chi connectivity index (χ0) is 18.2. The van der Waals surface area contributed by atoms with Gasteiger partial charge in [0.05, 0.1) is 5.52 Å². The van der Waals surface area contributed by atoms with Crippen LogP contribution in [0.15, 0.2) is 48.8 Å². The number of H-pyrrole nitrogens is 1. The summed E-state index contributed by atoms with van der Waals surface area (Å²) in [6.45, 7) is 4.15. The first-order chi connectivity index (χ1) is 13.3. The fourth-order valence-electron chi connectivity index (χ4n) is 3.59. The second kappa shape index (κ2) is 6.51. The molecule has 0 aliphatic carbocycles. The van der Waals surface area contributed by atoms with E-state index in [0.29, 0.717) is 0 Å². The Hall–Kier alpha value is -3.19. The van der Waals surface area contributed by atoms with Crippen LogP contribution in [-0.2, 0) is 0 Å². The van der Waals surface area contributed by atoms with Crippen LogP contribution in [0.25, 0.3) is 21.8 Å². The Bertz CT molecular complexity index is 1100. The highest BCUT2D eigenvalue weighted by molar-refractivity contribution is 5.95. The number of pyridine rings is 2. The minimum absolute atomic E-state index is 0.735. The van der Waals surface area contributed by atoms with E-state index >= 15 is 0 Å². The van der Waals surface area contributed by atoms with Crippen LogP contribution in [0.5, 0.6) is 0 Å². The van der Waals surface area contributed by atoms with Crippen molar-refractivity contribution in [2.45, 2.75) is 0 Å². The number of hydrogen-bond acceptors (Lipinski definition) is 6. The van der Waals surface area contributed by atoms with E-state index in [-0.39, 0.29) is 0 Å². The molecule has 0 radical (unpaired) electrons. The van der Waals surface area contributed by atoms with Gasteiger partial charge in [-0.15, -0.1) is 0 Å². The van der Waals surface area contributed by atoms with E-state index in [1.54, 1.807) is 6.20 Å². The van der Waals surface area contributed by atoms with Crippen molar-refractivity contribution in [3.05, 3.63) is 48.8 Å². The van der Waals surface area contributed by atoms with Crippen molar-refractivity contribution in [2.75, 3.05) is 43.4 Å². The number of benzene rings is 1. The summed E-state index contributed by atoms with van der Waals surface area (Å²) >= 11 is 0. The predicted molar refractivity (Wildman–Crippen MR) is 109 cm³/mol. The summed E-state index contributed by atoms with van der Waals surface area (Å²) in [5, 5.41) is 13.1. The van der Waals surface area contributed by atoms with Gasteiger partial charge in [-0.2, -0.15) is 5.10 Å². The van der Waals surface area contributed by atoms with Gasteiger partial charge in [0.2, 0.25) is 0 Å². The topological polar surface area (TPSA) is 73.0 Å². The summed E-state index contributed by atoms with van der Waals surface area (Å²) in [4.78, 5) is 13.8. The van der Waals surface area contributed by atoms with Crippen LogP contribution in [0.3, 0.4) is 0 Å². The number of fused-ring (bicyclic) bond motifs is 2. The summed E-state index contributed by atoms with van der Waals surface area (Å²) in [5.74, 6) is 1.80. The number of nitrogens with zero attached hydrogens (tertiary/aromatic N) is 5. The van der Waals surface area contributed by atoms with Gasteiger partial charge in [0.1, 0.15) is 11.3 Å². The number of piperazine rings is 1. The summed E-state index contributed by atoms with van der Waals surface area (Å²) in [5.41, 5.74) is 2.74. The Morgan fingerprint density at radius 1 is 1.00 bits per heavy atom. The molecule has 1 fully saturated rings. The molecule has 7 nitrogen and oxygen atoms in total. The van der Waals surface area contributed by atoms with Crippen molar-refractivity contribution in [3.63, 3.8) is 0 Å². The largest absolute Gasteiger partial charge is 0.354 e. The van der Waals surface area contributed by atoms with Crippen LogP contribution in [0.4, 0.5) is 17.3 Å². The first-order valence-corrected chi connectivity index (χ1v) is 9.16. The van der Waals surface area contributed by atoms with Crippen LogP contribution >= 0.6 is 0 Å². The SMILES string of the molecule is CN1CCN(c2nccc3cc(Nc4n[nH]c5cccnc45)ccc23)CC1. The molecule has 136 valence electrons. The lowest BCUT2D eigenvalue weighted by molar-refractivity contribution is 0.312. The van der Waals surface area contributed by atoms with Crippen molar-refractivity contribution < 1.29 is 0 Å². The number of aromatic amines is 1. The molecule has 0 unspecified atom stereocenters. The van der Waals surface area contributed by atoms with Gasteiger partial charge in [-0.1, -0.05) is 0 Å². The van der Waals surface area contributed by atoms with E-state index < -0.39 is 0 Å². The average molecular weight is 359 g/mol. The Morgan fingerprint density at radius 2 is 1.89 bits per heavy atom. The van der Waals surface area contributed by atoms with Gasteiger partial charge in [-0.25, -0.2) is 4.98 Å². The maximum absolute atomic E-state index is 4.66. The van der Waals surface area contributed by atoms with Crippen molar-refractivity contribution >= 4 is 39.1 Å². The molecule has 1 saturated heterocycles. The predicted octanol–water partition coefficient (Wildman–Crippen LogP) is 3.00. The minimum Gasteiger partial charge on any atom is -0.354 e. The molecule has 4 heterocycles. The van der Waals surface area contributed by atoms with E-state index in [4.69, 9.17) is 0 Å². The van der Waals surface area contributed by atoms with Crippen LogP contribution in [0, 0.1) is 0 Å². The molecule has 0 spiro atoms. The molecular formula is C20H21N7. The smallest absolute Gasteiger partial charge is 0.178 e. The summed E-state index contributed by atoms with van der Waals surface area (Å²) in [6, 6.07) is 12.3. The Labute approximate surface area is 157 Å². The molecule has 27 heavy (non-hydrogen) atoms. The van der Waals surface area contributed by atoms with Crippen LogP contribution in [0.1, 0.15) is 0 Å². The maximum atomic E-state index is 4.66. The fourth-order valence-corrected chi connectivity index (χ4v) is 3.59. The molecular weight excluding hydrogens is 338 g/mol. The highest BCUT2D eigenvalue weighted by Gasteiger charge is 2.17. The standard InChI is InChI=1S/C20H21N7/c1-26-9-11-27(12-10-26)20-16-5-4-15(13-14(16)6-8-22-20)23-19-18-17(24-25-19)3-2-7-21-18/h2-8,13H,9-12H2,1H3,(H2,23,24,25).